The molecular weight excluding hydrogens is 230 g/mol. The zero-order chi connectivity index (χ0) is 12.3. The van der Waals surface area contributed by atoms with Crippen LogP contribution in [0, 0.1) is 0 Å². The summed E-state index contributed by atoms with van der Waals surface area (Å²) in [5, 5.41) is 10.7. The molecule has 2 heterocycles. The molecule has 0 radical (unpaired) electrons. The summed E-state index contributed by atoms with van der Waals surface area (Å²) in [6.45, 7) is 4.32. The van der Waals surface area contributed by atoms with Crippen LogP contribution >= 0.6 is 11.3 Å². The van der Waals surface area contributed by atoms with Gasteiger partial charge in [-0.15, -0.1) is 11.3 Å². The van der Waals surface area contributed by atoms with Crippen LogP contribution in [0.3, 0.4) is 0 Å². The van der Waals surface area contributed by atoms with Crippen LogP contribution in [0.2, 0.25) is 0 Å². The molecule has 0 saturated carbocycles. The second-order valence-electron chi connectivity index (χ2n) is 5.28. The zero-order valence-corrected chi connectivity index (χ0v) is 11.7. The molecule has 1 atom stereocenters. The topological polar surface area (TPSA) is 23.5 Å². The molecule has 0 aromatic carbocycles. The highest BCUT2D eigenvalue weighted by Gasteiger charge is 2.29. The summed E-state index contributed by atoms with van der Waals surface area (Å²) in [6.07, 6.45) is 4.90. The number of hydrogen-bond acceptors (Lipinski definition) is 3. The van der Waals surface area contributed by atoms with Crippen LogP contribution in [-0.2, 0) is 12.8 Å². The van der Waals surface area contributed by atoms with Crippen LogP contribution in [0.4, 0.5) is 0 Å². The Hall–Kier alpha value is -0.380. The van der Waals surface area contributed by atoms with Crippen LogP contribution in [-0.4, -0.2) is 35.7 Å². The van der Waals surface area contributed by atoms with E-state index in [1.54, 1.807) is 0 Å². The Morgan fingerprint density at radius 1 is 1.29 bits per heavy atom. The highest BCUT2D eigenvalue weighted by molar-refractivity contribution is 7.12. The van der Waals surface area contributed by atoms with Gasteiger partial charge in [0.25, 0.3) is 0 Å². The largest absolute Gasteiger partial charge is 0.389 e. The molecular formula is C14H23NOS. The van der Waals surface area contributed by atoms with Gasteiger partial charge in [0.2, 0.25) is 0 Å². The van der Waals surface area contributed by atoms with Gasteiger partial charge in [0, 0.05) is 22.7 Å². The van der Waals surface area contributed by atoms with Crippen LogP contribution < -0.4 is 0 Å². The van der Waals surface area contributed by atoms with Crippen LogP contribution in [0.25, 0.3) is 0 Å². The lowest BCUT2D eigenvalue weighted by molar-refractivity contribution is 0.0270. The van der Waals surface area contributed by atoms with E-state index in [0.29, 0.717) is 0 Å². The lowest BCUT2D eigenvalue weighted by atomic mass is 9.90. The third kappa shape index (κ3) is 3.54. The Morgan fingerprint density at radius 3 is 2.76 bits per heavy atom. The van der Waals surface area contributed by atoms with Crippen molar-refractivity contribution >= 4 is 11.3 Å². The normalized spacial score (nSPS) is 27.0. The summed E-state index contributed by atoms with van der Waals surface area (Å²) in [5.41, 5.74) is -0.472. The second kappa shape index (κ2) is 5.51. The molecule has 1 N–H and O–H groups in total. The highest BCUT2D eigenvalue weighted by Crippen LogP contribution is 2.29. The van der Waals surface area contributed by atoms with E-state index in [0.717, 1.165) is 45.2 Å². The minimum Gasteiger partial charge on any atom is -0.389 e. The van der Waals surface area contributed by atoms with E-state index in [-0.39, 0.29) is 0 Å². The lowest BCUT2D eigenvalue weighted by Crippen LogP contribution is -2.32. The van der Waals surface area contributed by atoms with Crippen molar-refractivity contribution in [3.8, 4) is 0 Å². The van der Waals surface area contributed by atoms with Gasteiger partial charge < -0.3 is 10.0 Å². The molecule has 1 fully saturated rings. The first-order valence-corrected chi connectivity index (χ1v) is 7.41. The molecule has 1 aliphatic rings. The van der Waals surface area contributed by atoms with Crippen molar-refractivity contribution in [2.75, 3.05) is 20.1 Å². The molecule has 3 heteroatoms. The van der Waals surface area contributed by atoms with E-state index in [1.807, 2.05) is 11.3 Å². The number of nitrogens with zero attached hydrogens (tertiary/aromatic N) is 1. The summed E-state index contributed by atoms with van der Waals surface area (Å²) in [7, 11) is 2.14. The Bertz CT molecular complexity index is 363. The lowest BCUT2D eigenvalue weighted by Gasteiger charge is -2.26. The van der Waals surface area contributed by atoms with Crippen molar-refractivity contribution in [3.63, 3.8) is 0 Å². The fraction of sp³-hybridized carbons (Fsp3) is 0.714. The van der Waals surface area contributed by atoms with Gasteiger partial charge >= 0.3 is 0 Å². The average Bonchev–Trinajstić information content (AvgIpc) is 2.67. The predicted octanol–water partition coefficient (Wildman–Crippen LogP) is 2.70. The van der Waals surface area contributed by atoms with Gasteiger partial charge in [-0.3, -0.25) is 0 Å². The van der Waals surface area contributed by atoms with E-state index in [2.05, 4.69) is 31.0 Å². The second-order valence-corrected chi connectivity index (χ2v) is 6.53. The van der Waals surface area contributed by atoms with Gasteiger partial charge in [-0.05, 0) is 51.4 Å². The van der Waals surface area contributed by atoms with Gasteiger partial charge in [0.1, 0.15) is 0 Å². The molecule has 2 nitrogen and oxygen atoms in total. The summed E-state index contributed by atoms with van der Waals surface area (Å²) in [5.74, 6) is 0. The molecule has 17 heavy (non-hydrogen) atoms. The monoisotopic (exact) mass is 253 g/mol. The first-order chi connectivity index (χ1) is 8.11. The van der Waals surface area contributed by atoms with E-state index in [4.69, 9.17) is 0 Å². The Kier molecular flexibility index (Phi) is 4.23. The average molecular weight is 253 g/mol. The Balaban J connectivity index is 2.00. The summed E-state index contributed by atoms with van der Waals surface area (Å²) in [4.78, 5) is 5.09. The quantitative estimate of drug-likeness (QED) is 0.895. The molecule has 1 aliphatic heterocycles. The third-order valence-corrected chi connectivity index (χ3v) is 4.94. The molecule has 0 spiro atoms. The first kappa shape index (κ1) is 13.1. The van der Waals surface area contributed by atoms with E-state index >= 15 is 0 Å². The van der Waals surface area contributed by atoms with E-state index in [9.17, 15) is 5.11 Å². The summed E-state index contributed by atoms with van der Waals surface area (Å²) < 4.78 is 0. The van der Waals surface area contributed by atoms with Crippen LogP contribution in [0.5, 0.6) is 0 Å². The maximum Gasteiger partial charge on any atom is 0.0708 e. The molecule has 96 valence electrons. The molecule has 0 amide bonds. The Labute approximate surface area is 108 Å². The maximum absolute atomic E-state index is 10.7. The highest BCUT2D eigenvalue weighted by atomic mass is 32.1. The van der Waals surface area contributed by atoms with Gasteiger partial charge in [-0.2, -0.15) is 0 Å². The van der Waals surface area contributed by atoms with Gasteiger partial charge in [-0.25, -0.2) is 0 Å². The summed E-state index contributed by atoms with van der Waals surface area (Å²) >= 11 is 1.86. The van der Waals surface area contributed by atoms with Crippen molar-refractivity contribution in [3.05, 3.63) is 21.9 Å². The van der Waals surface area contributed by atoms with E-state index < -0.39 is 5.60 Å². The fourth-order valence-electron chi connectivity index (χ4n) is 2.52. The number of rotatable bonds is 3. The summed E-state index contributed by atoms with van der Waals surface area (Å²) in [6, 6.07) is 4.39. The SMILES string of the molecule is CCc1ccc(CC2(O)CCCN(C)CC2)s1. The van der Waals surface area contributed by atoms with Gasteiger partial charge in [-0.1, -0.05) is 6.92 Å². The first-order valence-electron chi connectivity index (χ1n) is 6.60. The third-order valence-electron chi connectivity index (χ3n) is 3.71. The number of thiophene rings is 1. The van der Waals surface area contributed by atoms with Crippen LogP contribution in [0.1, 0.15) is 35.9 Å². The molecule has 1 aromatic rings. The van der Waals surface area contributed by atoms with Gasteiger partial charge in [0.05, 0.1) is 5.60 Å². The minimum atomic E-state index is -0.472. The van der Waals surface area contributed by atoms with Crippen molar-refractivity contribution in [1.82, 2.24) is 4.90 Å². The molecule has 1 aromatic heterocycles. The van der Waals surface area contributed by atoms with Crippen molar-refractivity contribution < 1.29 is 5.11 Å². The molecule has 1 saturated heterocycles. The number of aliphatic hydroxyl groups is 1. The van der Waals surface area contributed by atoms with Gasteiger partial charge in [0.15, 0.2) is 0 Å². The minimum absolute atomic E-state index is 0.472. The smallest absolute Gasteiger partial charge is 0.0708 e. The van der Waals surface area contributed by atoms with Crippen molar-refractivity contribution in [1.29, 1.82) is 0 Å². The molecule has 1 unspecified atom stereocenters. The molecule has 2 rings (SSSR count). The fourth-order valence-corrected chi connectivity index (χ4v) is 3.62. The zero-order valence-electron chi connectivity index (χ0n) is 10.9. The number of aryl methyl sites for hydroxylation is 1. The van der Waals surface area contributed by atoms with Crippen molar-refractivity contribution in [2.24, 2.45) is 0 Å². The standard InChI is InChI=1S/C14H23NOS/c1-3-12-5-6-13(17-12)11-14(16)7-4-9-15(2)10-8-14/h5-6,16H,3-4,7-11H2,1-2H3. The molecule has 0 aliphatic carbocycles. The number of hydrogen-bond donors (Lipinski definition) is 1. The van der Waals surface area contributed by atoms with Crippen molar-refractivity contribution in [2.45, 2.75) is 44.6 Å². The van der Waals surface area contributed by atoms with E-state index in [1.165, 1.54) is 9.75 Å². The predicted molar refractivity (Wildman–Crippen MR) is 73.7 cm³/mol. The van der Waals surface area contributed by atoms with Crippen LogP contribution in [0.15, 0.2) is 12.1 Å². The number of likely N-dealkylation sites (tertiary alicyclic amines) is 1. The Morgan fingerprint density at radius 2 is 2.06 bits per heavy atom. The molecule has 0 bridgehead atoms. The maximum atomic E-state index is 10.7.